The second-order valence-corrected chi connectivity index (χ2v) is 3.96. The van der Waals surface area contributed by atoms with Gasteiger partial charge in [-0.3, -0.25) is 0 Å². The Hall–Kier alpha value is -0.630. The summed E-state index contributed by atoms with van der Waals surface area (Å²) in [5.74, 6) is 0.717. The van der Waals surface area contributed by atoms with Gasteiger partial charge in [0.15, 0.2) is 6.29 Å². The van der Waals surface area contributed by atoms with Crippen LogP contribution in [-0.2, 0) is 16.0 Å². The average Bonchev–Trinajstić information content (AvgIpc) is 2.74. The summed E-state index contributed by atoms with van der Waals surface area (Å²) in [6.45, 7) is 0.451. The van der Waals surface area contributed by atoms with E-state index in [4.69, 9.17) is 21.1 Å². The Morgan fingerprint density at radius 1 is 1.50 bits per heavy atom. The van der Waals surface area contributed by atoms with Crippen LogP contribution in [-0.4, -0.2) is 46.5 Å². The molecule has 0 N–H and O–H groups in total. The Morgan fingerprint density at radius 2 is 2.25 bits per heavy atom. The molecular formula is C8H13ClN4O2S. The van der Waals surface area contributed by atoms with Gasteiger partial charge in [-0.05, 0) is 10.4 Å². The van der Waals surface area contributed by atoms with Crippen LogP contribution in [0.2, 0.25) is 0 Å². The van der Waals surface area contributed by atoms with Crippen molar-refractivity contribution in [2.75, 3.05) is 20.0 Å². The molecule has 8 heteroatoms. The summed E-state index contributed by atoms with van der Waals surface area (Å²) >= 11 is 6.90. The lowest BCUT2D eigenvalue weighted by atomic mass is 10.6. The van der Waals surface area contributed by atoms with Gasteiger partial charge >= 0.3 is 0 Å². The maximum atomic E-state index is 5.42. The number of methoxy groups -OCH3 is 2. The molecular weight excluding hydrogens is 252 g/mol. The maximum Gasteiger partial charge on any atom is 0.209 e. The van der Waals surface area contributed by atoms with E-state index in [0.29, 0.717) is 17.5 Å². The summed E-state index contributed by atoms with van der Waals surface area (Å²) in [5, 5.41) is 12.0. The first-order chi connectivity index (χ1) is 7.81. The van der Waals surface area contributed by atoms with Gasteiger partial charge in [0.05, 0.1) is 6.54 Å². The molecule has 0 atom stereocenters. The number of halogens is 1. The molecule has 0 aromatic carbocycles. The number of hydrogen-bond acceptors (Lipinski definition) is 6. The predicted octanol–water partition coefficient (Wildman–Crippen LogP) is 1.14. The van der Waals surface area contributed by atoms with Gasteiger partial charge in [-0.1, -0.05) is 29.4 Å². The first-order valence-corrected chi connectivity index (χ1v) is 5.93. The van der Waals surface area contributed by atoms with E-state index >= 15 is 0 Å². The first-order valence-electron chi connectivity index (χ1n) is 4.51. The monoisotopic (exact) mass is 264 g/mol. The molecule has 0 aliphatic heterocycles. The Balaban J connectivity index is 2.55. The third-order valence-corrected chi connectivity index (χ3v) is 2.83. The molecule has 16 heavy (non-hydrogen) atoms. The molecule has 1 aromatic rings. The van der Waals surface area contributed by atoms with Crippen molar-refractivity contribution in [3.63, 3.8) is 0 Å². The van der Waals surface area contributed by atoms with Crippen molar-refractivity contribution < 1.29 is 9.47 Å². The molecule has 0 amide bonds. The van der Waals surface area contributed by atoms with Crippen LogP contribution in [0.1, 0.15) is 0 Å². The van der Waals surface area contributed by atoms with Crippen LogP contribution in [0.5, 0.6) is 0 Å². The molecule has 1 rings (SSSR count). The molecule has 0 aliphatic rings. The fraction of sp³-hybridized carbons (Fsp3) is 0.625. The van der Waals surface area contributed by atoms with Gasteiger partial charge in [-0.15, -0.1) is 5.10 Å². The number of ether oxygens (including phenoxy) is 2. The van der Waals surface area contributed by atoms with Crippen LogP contribution in [0.15, 0.2) is 16.8 Å². The highest BCUT2D eigenvalue weighted by molar-refractivity contribution is 7.99. The SMILES string of the molecule is COC(Cn1nnnc1SCC=CCl)OC. The van der Waals surface area contributed by atoms with Crippen LogP contribution in [0.25, 0.3) is 0 Å². The van der Waals surface area contributed by atoms with E-state index in [0.717, 1.165) is 0 Å². The zero-order valence-electron chi connectivity index (χ0n) is 9.04. The van der Waals surface area contributed by atoms with Gasteiger partial charge in [0.1, 0.15) is 0 Å². The molecule has 0 bridgehead atoms. The van der Waals surface area contributed by atoms with Crippen molar-refractivity contribution in [1.29, 1.82) is 0 Å². The summed E-state index contributed by atoms with van der Waals surface area (Å²) in [7, 11) is 3.14. The second kappa shape index (κ2) is 7.61. The van der Waals surface area contributed by atoms with E-state index < -0.39 is 0 Å². The molecule has 0 unspecified atom stereocenters. The largest absolute Gasteiger partial charge is 0.354 e. The maximum absolute atomic E-state index is 5.42. The molecule has 1 heterocycles. The summed E-state index contributed by atoms with van der Waals surface area (Å²) < 4.78 is 11.8. The third-order valence-electron chi connectivity index (χ3n) is 1.74. The molecule has 0 radical (unpaired) electrons. The zero-order valence-corrected chi connectivity index (χ0v) is 10.6. The molecule has 1 aromatic heterocycles. The topological polar surface area (TPSA) is 62.1 Å². The summed E-state index contributed by atoms with van der Waals surface area (Å²) in [5.41, 5.74) is 1.47. The lowest BCUT2D eigenvalue weighted by Gasteiger charge is -2.13. The van der Waals surface area contributed by atoms with E-state index in [1.807, 2.05) is 6.08 Å². The normalized spacial score (nSPS) is 11.8. The second-order valence-electron chi connectivity index (χ2n) is 2.72. The Morgan fingerprint density at radius 3 is 2.88 bits per heavy atom. The van der Waals surface area contributed by atoms with Crippen molar-refractivity contribution in [2.24, 2.45) is 0 Å². The molecule has 0 spiro atoms. The number of rotatable bonds is 7. The summed E-state index contributed by atoms with van der Waals surface area (Å²) in [6, 6.07) is 0. The third kappa shape index (κ3) is 4.09. The first kappa shape index (κ1) is 13.4. The summed E-state index contributed by atoms with van der Waals surface area (Å²) in [4.78, 5) is 0. The molecule has 0 fully saturated rings. The Labute approximate surface area is 103 Å². The number of aromatic nitrogens is 4. The Bertz CT molecular complexity index is 330. The molecule has 6 nitrogen and oxygen atoms in total. The van der Waals surface area contributed by atoms with Crippen molar-refractivity contribution >= 4 is 23.4 Å². The minimum absolute atomic E-state index is 0.355. The molecule has 0 aliphatic carbocycles. The van der Waals surface area contributed by atoms with Gasteiger partial charge < -0.3 is 9.47 Å². The lowest BCUT2D eigenvalue weighted by molar-refractivity contribution is -0.113. The Kier molecular flexibility index (Phi) is 6.39. The minimum Gasteiger partial charge on any atom is -0.354 e. The van der Waals surface area contributed by atoms with Gasteiger partial charge in [0.25, 0.3) is 0 Å². The van der Waals surface area contributed by atoms with Crippen LogP contribution in [0, 0.1) is 0 Å². The molecule has 0 saturated heterocycles. The number of tetrazole rings is 1. The quantitative estimate of drug-likeness (QED) is 0.544. The lowest BCUT2D eigenvalue weighted by Crippen LogP contribution is -2.21. The van der Waals surface area contributed by atoms with E-state index in [9.17, 15) is 0 Å². The smallest absolute Gasteiger partial charge is 0.209 e. The highest BCUT2D eigenvalue weighted by Gasteiger charge is 2.12. The van der Waals surface area contributed by atoms with E-state index in [2.05, 4.69) is 15.5 Å². The van der Waals surface area contributed by atoms with Crippen LogP contribution >= 0.6 is 23.4 Å². The molecule has 90 valence electrons. The molecule has 0 saturated carbocycles. The van der Waals surface area contributed by atoms with Crippen LogP contribution < -0.4 is 0 Å². The van der Waals surface area contributed by atoms with Crippen molar-refractivity contribution in [3.05, 3.63) is 11.6 Å². The zero-order chi connectivity index (χ0) is 11.8. The standard InChI is InChI=1S/C8H13ClN4O2S/c1-14-7(15-2)6-13-8(10-11-12-13)16-5-3-4-9/h3-4,7H,5-6H2,1-2H3. The van der Waals surface area contributed by atoms with Gasteiger partial charge in [0, 0.05) is 25.5 Å². The van der Waals surface area contributed by atoms with Crippen molar-refractivity contribution in [1.82, 2.24) is 20.2 Å². The van der Waals surface area contributed by atoms with Gasteiger partial charge in [0.2, 0.25) is 5.16 Å². The van der Waals surface area contributed by atoms with Gasteiger partial charge in [-0.25, -0.2) is 4.68 Å². The van der Waals surface area contributed by atoms with Crippen molar-refractivity contribution in [2.45, 2.75) is 18.0 Å². The van der Waals surface area contributed by atoms with Crippen LogP contribution in [0.3, 0.4) is 0 Å². The van der Waals surface area contributed by atoms with Crippen LogP contribution in [0.4, 0.5) is 0 Å². The fourth-order valence-corrected chi connectivity index (χ4v) is 1.85. The minimum atomic E-state index is -0.355. The number of thioether (sulfide) groups is 1. The van der Waals surface area contributed by atoms with E-state index in [1.54, 1.807) is 18.9 Å². The summed E-state index contributed by atoms with van der Waals surface area (Å²) in [6.07, 6.45) is 1.46. The van der Waals surface area contributed by atoms with E-state index in [-0.39, 0.29) is 6.29 Å². The fourth-order valence-electron chi connectivity index (χ4n) is 0.960. The highest BCUT2D eigenvalue weighted by atomic mass is 35.5. The number of hydrogen-bond donors (Lipinski definition) is 0. The van der Waals surface area contributed by atoms with Crippen molar-refractivity contribution in [3.8, 4) is 0 Å². The van der Waals surface area contributed by atoms with E-state index in [1.165, 1.54) is 17.3 Å². The van der Waals surface area contributed by atoms with Gasteiger partial charge in [-0.2, -0.15) is 0 Å². The predicted molar refractivity (Wildman–Crippen MR) is 61.3 cm³/mol. The number of nitrogens with zero attached hydrogens (tertiary/aromatic N) is 4. The average molecular weight is 265 g/mol. The highest BCUT2D eigenvalue weighted by Crippen LogP contribution is 2.14.